The second-order valence-corrected chi connectivity index (χ2v) is 6.69. The summed E-state index contributed by atoms with van der Waals surface area (Å²) in [5.74, 6) is 0.443. The van der Waals surface area contributed by atoms with Gasteiger partial charge in [0.25, 0.3) is 5.91 Å². The minimum Gasteiger partial charge on any atom is -0.481 e. The van der Waals surface area contributed by atoms with E-state index in [1.165, 1.54) is 0 Å². The highest BCUT2D eigenvalue weighted by molar-refractivity contribution is 5.93. The number of ether oxygens (including phenoxy) is 1. The Bertz CT molecular complexity index is 1080. The van der Waals surface area contributed by atoms with E-state index >= 15 is 0 Å². The van der Waals surface area contributed by atoms with Crippen LogP contribution in [0.25, 0.3) is 5.65 Å². The van der Waals surface area contributed by atoms with Gasteiger partial charge in [-0.2, -0.15) is 5.10 Å². The van der Waals surface area contributed by atoms with E-state index in [1.807, 2.05) is 66.2 Å². The fourth-order valence-electron chi connectivity index (χ4n) is 2.93. The van der Waals surface area contributed by atoms with Crippen molar-refractivity contribution in [3.63, 3.8) is 0 Å². The van der Waals surface area contributed by atoms with Crippen LogP contribution in [-0.2, 0) is 11.3 Å². The van der Waals surface area contributed by atoms with Crippen LogP contribution in [0.15, 0.2) is 67.3 Å². The summed E-state index contributed by atoms with van der Waals surface area (Å²) in [6.45, 7) is 4.22. The lowest BCUT2D eigenvalue weighted by Gasteiger charge is -2.14. The first kappa shape index (κ1) is 17.8. The molecule has 0 bridgehead atoms. The fourth-order valence-corrected chi connectivity index (χ4v) is 2.93. The maximum atomic E-state index is 12.4. The molecule has 0 spiro atoms. The molecule has 7 nitrogen and oxygen atoms in total. The summed E-state index contributed by atoms with van der Waals surface area (Å²) in [6, 6.07) is 13.5. The topological polar surface area (TPSA) is 73.5 Å². The van der Waals surface area contributed by atoms with Gasteiger partial charge < -0.3 is 14.5 Å². The van der Waals surface area contributed by atoms with Crippen LogP contribution in [0.2, 0.25) is 0 Å². The zero-order valence-electron chi connectivity index (χ0n) is 15.7. The van der Waals surface area contributed by atoms with E-state index < -0.39 is 6.10 Å². The monoisotopic (exact) mass is 375 g/mol. The van der Waals surface area contributed by atoms with Crippen LogP contribution >= 0.6 is 0 Å². The van der Waals surface area contributed by atoms with Crippen LogP contribution < -0.4 is 10.1 Å². The van der Waals surface area contributed by atoms with Crippen molar-refractivity contribution in [2.75, 3.05) is 5.32 Å². The fraction of sp³-hybridized carbons (Fsp3) is 0.190. The van der Waals surface area contributed by atoms with E-state index in [-0.39, 0.29) is 5.91 Å². The largest absolute Gasteiger partial charge is 0.481 e. The Morgan fingerprint density at radius 3 is 2.93 bits per heavy atom. The van der Waals surface area contributed by atoms with Crippen molar-refractivity contribution in [3.05, 3.63) is 78.5 Å². The lowest BCUT2D eigenvalue weighted by molar-refractivity contribution is -0.122. The molecular formula is C21H21N5O2. The van der Waals surface area contributed by atoms with Gasteiger partial charge in [-0.3, -0.25) is 9.48 Å². The lowest BCUT2D eigenvalue weighted by Crippen LogP contribution is -2.30. The van der Waals surface area contributed by atoms with Gasteiger partial charge in [-0.05, 0) is 43.7 Å². The summed E-state index contributed by atoms with van der Waals surface area (Å²) in [6.07, 6.45) is 6.70. The number of hydrogen-bond donors (Lipinski definition) is 1. The Morgan fingerprint density at radius 2 is 2.11 bits per heavy atom. The van der Waals surface area contributed by atoms with Gasteiger partial charge in [0, 0.05) is 18.6 Å². The number of aryl methyl sites for hydroxylation is 1. The van der Waals surface area contributed by atoms with Crippen LogP contribution in [0.1, 0.15) is 18.2 Å². The van der Waals surface area contributed by atoms with Gasteiger partial charge in [0.15, 0.2) is 6.10 Å². The molecule has 0 aliphatic rings. The molecule has 1 unspecified atom stereocenters. The van der Waals surface area contributed by atoms with E-state index in [0.717, 1.165) is 16.9 Å². The molecule has 0 fully saturated rings. The number of carbonyl (C=O) groups is 1. The number of rotatable bonds is 6. The summed E-state index contributed by atoms with van der Waals surface area (Å²) in [7, 11) is 0. The minimum absolute atomic E-state index is 0.228. The first-order valence-corrected chi connectivity index (χ1v) is 9.06. The van der Waals surface area contributed by atoms with Crippen LogP contribution in [0.5, 0.6) is 5.75 Å². The summed E-state index contributed by atoms with van der Waals surface area (Å²) < 4.78 is 9.42. The van der Waals surface area contributed by atoms with Crippen LogP contribution in [0.4, 0.5) is 5.69 Å². The molecule has 3 heterocycles. The molecular weight excluding hydrogens is 354 g/mol. The summed E-state index contributed by atoms with van der Waals surface area (Å²) in [4.78, 5) is 17.0. The van der Waals surface area contributed by atoms with E-state index in [4.69, 9.17) is 4.74 Å². The third kappa shape index (κ3) is 4.03. The number of nitrogens with zero attached hydrogens (tertiary/aromatic N) is 4. The quantitative estimate of drug-likeness (QED) is 0.561. The molecule has 0 aliphatic heterocycles. The molecule has 4 rings (SSSR count). The molecule has 28 heavy (non-hydrogen) atoms. The Balaban J connectivity index is 1.37. The SMILES string of the molecule is Cc1cccc(OC(C)C(=O)Nc2cnn(Cc3cn4ccccc4n3)c2)c1. The van der Waals surface area contributed by atoms with Gasteiger partial charge in [-0.15, -0.1) is 0 Å². The summed E-state index contributed by atoms with van der Waals surface area (Å²) >= 11 is 0. The third-order valence-corrected chi connectivity index (χ3v) is 4.31. The van der Waals surface area contributed by atoms with E-state index in [9.17, 15) is 4.79 Å². The Morgan fingerprint density at radius 1 is 1.21 bits per heavy atom. The molecule has 3 aromatic heterocycles. The van der Waals surface area contributed by atoms with E-state index in [0.29, 0.717) is 18.0 Å². The maximum absolute atomic E-state index is 12.4. The number of imidazole rings is 1. The molecule has 1 amide bonds. The second kappa shape index (κ2) is 7.56. The van der Waals surface area contributed by atoms with Crippen molar-refractivity contribution < 1.29 is 9.53 Å². The molecule has 142 valence electrons. The number of anilines is 1. The normalized spacial score (nSPS) is 12.1. The molecule has 1 N–H and O–H groups in total. The Hall–Kier alpha value is -3.61. The molecule has 0 aliphatic carbocycles. The predicted octanol–water partition coefficient (Wildman–Crippen LogP) is 3.29. The number of aromatic nitrogens is 4. The van der Waals surface area contributed by atoms with Crippen molar-refractivity contribution in [1.29, 1.82) is 0 Å². The highest BCUT2D eigenvalue weighted by Gasteiger charge is 2.16. The van der Waals surface area contributed by atoms with Crippen LogP contribution in [0.3, 0.4) is 0 Å². The van der Waals surface area contributed by atoms with Crippen molar-refractivity contribution in [3.8, 4) is 5.75 Å². The third-order valence-electron chi connectivity index (χ3n) is 4.31. The first-order chi connectivity index (χ1) is 13.6. The molecule has 0 radical (unpaired) electrons. The lowest BCUT2D eigenvalue weighted by atomic mass is 10.2. The Kier molecular flexibility index (Phi) is 4.80. The van der Waals surface area contributed by atoms with Gasteiger partial charge in [0.05, 0.1) is 24.1 Å². The number of benzene rings is 1. The molecule has 4 aromatic rings. The Labute approximate surface area is 162 Å². The van der Waals surface area contributed by atoms with Crippen LogP contribution in [0, 0.1) is 6.92 Å². The second-order valence-electron chi connectivity index (χ2n) is 6.69. The van der Waals surface area contributed by atoms with Crippen molar-refractivity contribution in [2.24, 2.45) is 0 Å². The smallest absolute Gasteiger partial charge is 0.265 e. The number of hydrogen-bond acceptors (Lipinski definition) is 4. The zero-order chi connectivity index (χ0) is 19.5. The number of nitrogens with one attached hydrogen (secondary N) is 1. The number of pyridine rings is 1. The molecule has 7 heteroatoms. The highest BCUT2D eigenvalue weighted by atomic mass is 16.5. The van der Waals surface area contributed by atoms with Gasteiger partial charge in [-0.1, -0.05) is 18.2 Å². The number of carbonyl (C=O) groups excluding carboxylic acids is 1. The minimum atomic E-state index is -0.622. The maximum Gasteiger partial charge on any atom is 0.265 e. The molecule has 0 saturated carbocycles. The van der Waals surface area contributed by atoms with Crippen LogP contribution in [-0.4, -0.2) is 31.2 Å². The predicted molar refractivity (Wildman–Crippen MR) is 106 cm³/mol. The average molecular weight is 375 g/mol. The summed E-state index contributed by atoms with van der Waals surface area (Å²) in [5.41, 5.74) is 3.48. The van der Waals surface area contributed by atoms with Gasteiger partial charge in [0.1, 0.15) is 11.4 Å². The number of fused-ring (bicyclic) bond motifs is 1. The average Bonchev–Trinajstić information content (AvgIpc) is 3.28. The van der Waals surface area contributed by atoms with Crippen molar-refractivity contribution >= 4 is 17.2 Å². The van der Waals surface area contributed by atoms with Gasteiger partial charge in [-0.25, -0.2) is 4.98 Å². The summed E-state index contributed by atoms with van der Waals surface area (Å²) in [5, 5.41) is 7.14. The number of amides is 1. The van der Waals surface area contributed by atoms with Crippen molar-refractivity contribution in [2.45, 2.75) is 26.5 Å². The van der Waals surface area contributed by atoms with E-state index in [1.54, 1.807) is 24.0 Å². The first-order valence-electron chi connectivity index (χ1n) is 9.06. The van der Waals surface area contributed by atoms with Crippen molar-refractivity contribution in [1.82, 2.24) is 19.2 Å². The molecule has 1 atom stereocenters. The standard InChI is InChI=1S/C21H21N5O2/c1-15-6-5-7-19(10-15)28-16(2)21(27)24-17-11-22-26(13-17)14-18-12-25-9-4-3-8-20(25)23-18/h3-13,16H,14H2,1-2H3,(H,24,27). The van der Waals surface area contributed by atoms with Gasteiger partial charge >= 0.3 is 0 Å². The zero-order valence-corrected chi connectivity index (χ0v) is 15.7. The van der Waals surface area contributed by atoms with E-state index in [2.05, 4.69) is 15.4 Å². The molecule has 1 aromatic carbocycles. The van der Waals surface area contributed by atoms with Gasteiger partial charge in [0.2, 0.25) is 0 Å². The highest BCUT2D eigenvalue weighted by Crippen LogP contribution is 2.15. The molecule has 0 saturated heterocycles.